The third kappa shape index (κ3) is 4.59. The molecule has 3 aliphatic rings. The van der Waals surface area contributed by atoms with Gasteiger partial charge < -0.3 is 14.5 Å². The van der Waals surface area contributed by atoms with E-state index < -0.39 is 10.0 Å². The molecule has 2 amide bonds. The monoisotopic (exact) mass is 421 g/mol. The number of nitrogens with zero attached hydrogens (tertiary/aromatic N) is 3. The van der Waals surface area contributed by atoms with Crippen LogP contribution in [0, 0.1) is 0 Å². The Morgan fingerprint density at radius 3 is 2.03 bits per heavy atom. The molecule has 0 N–H and O–H groups in total. The third-order valence-corrected chi connectivity index (χ3v) is 8.30. The summed E-state index contributed by atoms with van der Waals surface area (Å²) in [6, 6.07) is 7.47. The highest BCUT2D eigenvalue weighted by molar-refractivity contribution is 7.89. The van der Waals surface area contributed by atoms with Crippen molar-refractivity contribution in [1.82, 2.24) is 14.1 Å². The van der Waals surface area contributed by atoms with E-state index in [2.05, 4.69) is 0 Å². The van der Waals surface area contributed by atoms with Gasteiger partial charge in [-0.2, -0.15) is 4.31 Å². The van der Waals surface area contributed by atoms with E-state index in [1.165, 1.54) is 42.0 Å². The average Bonchev–Trinajstić information content (AvgIpc) is 2.80. The van der Waals surface area contributed by atoms with Crippen LogP contribution >= 0.6 is 0 Å². The van der Waals surface area contributed by atoms with Crippen molar-refractivity contribution in [3.05, 3.63) is 29.8 Å². The van der Waals surface area contributed by atoms with Gasteiger partial charge in [-0.3, -0.25) is 0 Å². The first-order valence-corrected chi connectivity index (χ1v) is 12.2. The Kier molecular flexibility index (Phi) is 6.41. The molecule has 8 heteroatoms. The molecule has 2 heterocycles. The maximum Gasteiger partial charge on any atom is 0.320 e. The summed E-state index contributed by atoms with van der Waals surface area (Å²) >= 11 is 0. The zero-order valence-corrected chi connectivity index (χ0v) is 17.8. The molecule has 0 radical (unpaired) electrons. The summed E-state index contributed by atoms with van der Waals surface area (Å²) in [4.78, 5) is 16.5. The van der Waals surface area contributed by atoms with E-state index in [4.69, 9.17) is 4.74 Å². The molecular weight excluding hydrogens is 390 g/mol. The van der Waals surface area contributed by atoms with Gasteiger partial charge in [-0.05, 0) is 36.5 Å². The number of hydrogen-bond acceptors (Lipinski definition) is 4. The van der Waals surface area contributed by atoms with Gasteiger partial charge in [0.25, 0.3) is 0 Å². The zero-order chi connectivity index (χ0) is 20.3. The minimum atomic E-state index is -3.52. The van der Waals surface area contributed by atoms with E-state index in [1.807, 2.05) is 12.1 Å². The van der Waals surface area contributed by atoms with Crippen LogP contribution < -0.4 is 0 Å². The largest absolute Gasteiger partial charge is 0.378 e. The summed E-state index contributed by atoms with van der Waals surface area (Å²) in [5.74, 6) is 0.565. The predicted molar refractivity (Wildman–Crippen MR) is 110 cm³/mol. The number of sulfonamides is 1. The number of urea groups is 1. The van der Waals surface area contributed by atoms with Crippen molar-refractivity contribution >= 4 is 16.1 Å². The number of morpholine rings is 1. The van der Waals surface area contributed by atoms with Crippen molar-refractivity contribution in [1.29, 1.82) is 0 Å². The molecule has 29 heavy (non-hydrogen) atoms. The molecule has 1 saturated carbocycles. The van der Waals surface area contributed by atoms with E-state index in [1.54, 1.807) is 21.9 Å². The van der Waals surface area contributed by atoms with Gasteiger partial charge in [-0.25, -0.2) is 13.2 Å². The average molecular weight is 422 g/mol. The number of amides is 2. The van der Waals surface area contributed by atoms with E-state index in [9.17, 15) is 13.2 Å². The van der Waals surface area contributed by atoms with E-state index in [-0.39, 0.29) is 6.03 Å². The highest BCUT2D eigenvalue weighted by Crippen LogP contribution is 2.33. The first-order valence-electron chi connectivity index (χ1n) is 10.8. The van der Waals surface area contributed by atoms with Gasteiger partial charge in [-0.1, -0.05) is 31.4 Å². The Morgan fingerprint density at radius 1 is 0.828 bits per heavy atom. The molecule has 1 aromatic rings. The molecule has 0 atom stereocenters. The molecule has 3 fully saturated rings. The van der Waals surface area contributed by atoms with Crippen LogP contribution in [0.1, 0.15) is 43.6 Å². The third-order valence-electron chi connectivity index (χ3n) is 6.39. The Labute approximate surface area is 173 Å². The van der Waals surface area contributed by atoms with Gasteiger partial charge in [-0.15, -0.1) is 0 Å². The molecule has 1 aliphatic carbocycles. The van der Waals surface area contributed by atoms with Crippen LogP contribution in [0.3, 0.4) is 0 Å². The van der Waals surface area contributed by atoms with Crippen LogP contribution in [-0.4, -0.2) is 81.0 Å². The number of rotatable bonds is 3. The SMILES string of the molecule is O=C(N1CCOCC1)N1CCN(S(=O)(=O)c2ccc(C3CCCCC3)cc2)CC1. The van der Waals surface area contributed by atoms with E-state index >= 15 is 0 Å². The maximum atomic E-state index is 13.0. The molecular formula is C21H31N3O4S. The molecule has 7 nitrogen and oxygen atoms in total. The molecule has 2 saturated heterocycles. The second kappa shape index (κ2) is 9.02. The van der Waals surface area contributed by atoms with Crippen LogP contribution in [0.2, 0.25) is 0 Å². The summed E-state index contributed by atoms with van der Waals surface area (Å²) in [5, 5.41) is 0. The number of hydrogen-bond donors (Lipinski definition) is 0. The zero-order valence-electron chi connectivity index (χ0n) is 17.0. The van der Waals surface area contributed by atoms with Crippen molar-refractivity contribution < 1.29 is 17.9 Å². The van der Waals surface area contributed by atoms with E-state index in [0.717, 1.165) is 0 Å². The minimum absolute atomic E-state index is 0.0119. The topological polar surface area (TPSA) is 70.2 Å². The fraction of sp³-hybridized carbons (Fsp3) is 0.667. The van der Waals surface area contributed by atoms with Crippen LogP contribution in [-0.2, 0) is 14.8 Å². The Balaban J connectivity index is 1.36. The molecule has 4 rings (SSSR count). The number of carbonyl (C=O) groups excluding carboxylic acids is 1. The lowest BCUT2D eigenvalue weighted by molar-refractivity contribution is 0.0405. The molecule has 0 unspecified atom stereocenters. The number of benzene rings is 1. The van der Waals surface area contributed by atoms with Gasteiger partial charge >= 0.3 is 6.03 Å². The summed E-state index contributed by atoms with van der Waals surface area (Å²) in [6.07, 6.45) is 6.23. The highest BCUT2D eigenvalue weighted by Gasteiger charge is 2.32. The van der Waals surface area contributed by atoms with E-state index in [0.29, 0.717) is 63.3 Å². The lowest BCUT2D eigenvalue weighted by Gasteiger charge is -2.38. The molecule has 0 bridgehead atoms. The van der Waals surface area contributed by atoms with Gasteiger partial charge in [0.2, 0.25) is 10.0 Å². The summed E-state index contributed by atoms with van der Waals surface area (Å²) in [6.45, 7) is 3.86. The fourth-order valence-electron chi connectivity index (χ4n) is 4.57. The van der Waals surface area contributed by atoms with Crippen LogP contribution in [0.5, 0.6) is 0 Å². The normalized spacial score (nSPS) is 22.6. The Hall–Kier alpha value is -1.64. The smallest absolute Gasteiger partial charge is 0.320 e. The van der Waals surface area contributed by atoms with Crippen LogP contribution in [0.4, 0.5) is 4.79 Å². The summed E-state index contributed by atoms with van der Waals surface area (Å²) in [7, 11) is -3.52. The van der Waals surface area contributed by atoms with Crippen molar-refractivity contribution in [2.45, 2.75) is 42.9 Å². The molecule has 0 spiro atoms. The Morgan fingerprint density at radius 2 is 1.41 bits per heavy atom. The van der Waals surface area contributed by atoms with Crippen molar-refractivity contribution in [3.63, 3.8) is 0 Å². The lowest BCUT2D eigenvalue weighted by Crippen LogP contribution is -2.55. The summed E-state index contributed by atoms with van der Waals surface area (Å²) < 4.78 is 32.9. The van der Waals surface area contributed by atoms with Crippen molar-refractivity contribution in [2.75, 3.05) is 52.5 Å². The molecule has 2 aliphatic heterocycles. The highest BCUT2D eigenvalue weighted by atomic mass is 32.2. The maximum absolute atomic E-state index is 13.0. The molecule has 1 aromatic carbocycles. The van der Waals surface area contributed by atoms with Crippen LogP contribution in [0.15, 0.2) is 29.2 Å². The van der Waals surface area contributed by atoms with Crippen molar-refractivity contribution in [3.8, 4) is 0 Å². The van der Waals surface area contributed by atoms with Gasteiger partial charge in [0.1, 0.15) is 0 Å². The number of carbonyl (C=O) groups is 1. The second-order valence-corrected chi connectivity index (χ2v) is 10.1. The molecule has 160 valence electrons. The second-order valence-electron chi connectivity index (χ2n) is 8.18. The van der Waals surface area contributed by atoms with Gasteiger partial charge in [0.05, 0.1) is 18.1 Å². The predicted octanol–water partition coefficient (Wildman–Crippen LogP) is 2.49. The standard InChI is InChI=1S/C21H31N3O4S/c25-21(23-14-16-28-17-15-23)22-10-12-24(13-11-22)29(26,27)20-8-6-19(7-9-20)18-4-2-1-3-5-18/h6-9,18H,1-5,10-17H2. The quantitative estimate of drug-likeness (QED) is 0.752. The first-order chi connectivity index (χ1) is 14.1. The Bertz CT molecular complexity index is 792. The summed E-state index contributed by atoms with van der Waals surface area (Å²) in [5.41, 5.74) is 1.25. The molecule has 0 aromatic heterocycles. The minimum Gasteiger partial charge on any atom is -0.378 e. The van der Waals surface area contributed by atoms with Gasteiger partial charge in [0.15, 0.2) is 0 Å². The van der Waals surface area contributed by atoms with Crippen LogP contribution in [0.25, 0.3) is 0 Å². The number of ether oxygens (including phenoxy) is 1. The fourth-order valence-corrected chi connectivity index (χ4v) is 5.99. The van der Waals surface area contributed by atoms with Gasteiger partial charge in [0, 0.05) is 39.3 Å². The first kappa shape index (κ1) is 20.6. The van der Waals surface area contributed by atoms with Crippen molar-refractivity contribution in [2.24, 2.45) is 0 Å². The number of piperazine rings is 1. The lowest BCUT2D eigenvalue weighted by atomic mass is 9.84.